The van der Waals surface area contributed by atoms with Crippen LogP contribution in [0.1, 0.15) is 16.9 Å². The summed E-state index contributed by atoms with van der Waals surface area (Å²) in [5, 5.41) is 11.6. The van der Waals surface area contributed by atoms with Gasteiger partial charge in [-0.3, -0.25) is 0 Å². The maximum absolute atomic E-state index is 10.1. The Kier molecular flexibility index (Phi) is 2.63. The molecule has 0 fully saturated rings. The first-order valence-corrected chi connectivity index (χ1v) is 6.21. The van der Waals surface area contributed by atoms with Crippen LogP contribution in [0.4, 0.5) is 0 Å². The van der Waals surface area contributed by atoms with Gasteiger partial charge in [-0.15, -0.1) is 11.3 Å². The van der Waals surface area contributed by atoms with Crippen molar-refractivity contribution < 1.29 is 9.52 Å². The van der Waals surface area contributed by atoms with E-state index in [0.717, 1.165) is 11.0 Å². The maximum atomic E-state index is 10.1. The number of aromatic nitrogens is 1. The van der Waals surface area contributed by atoms with Gasteiger partial charge in [0.05, 0.1) is 6.20 Å². The third-order valence-electron chi connectivity index (χ3n) is 2.44. The molecule has 0 radical (unpaired) electrons. The highest BCUT2D eigenvalue weighted by molar-refractivity contribution is 7.15. The SMILES string of the molecule is OC(c1cc2ccccc2o1)c1ncc(Cl)s1. The first-order valence-electron chi connectivity index (χ1n) is 5.02. The van der Waals surface area contributed by atoms with E-state index in [4.69, 9.17) is 16.0 Å². The summed E-state index contributed by atoms with van der Waals surface area (Å²) in [5.74, 6) is 0.484. The Labute approximate surface area is 106 Å². The van der Waals surface area contributed by atoms with E-state index in [2.05, 4.69) is 4.98 Å². The largest absolute Gasteiger partial charge is 0.458 e. The van der Waals surface area contributed by atoms with Gasteiger partial charge < -0.3 is 9.52 Å². The van der Waals surface area contributed by atoms with Gasteiger partial charge in [-0.1, -0.05) is 29.8 Å². The summed E-state index contributed by atoms with van der Waals surface area (Å²) in [5.41, 5.74) is 0.754. The van der Waals surface area contributed by atoms with Crippen LogP contribution in [-0.2, 0) is 0 Å². The number of hydrogen-bond acceptors (Lipinski definition) is 4. The Hall–Kier alpha value is -1.36. The lowest BCUT2D eigenvalue weighted by molar-refractivity contribution is 0.192. The van der Waals surface area contributed by atoms with E-state index in [1.54, 1.807) is 0 Å². The Morgan fingerprint density at radius 3 is 2.88 bits per heavy atom. The van der Waals surface area contributed by atoms with Crippen molar-refractivity contribution in [3.05, 3.63) is 51.6 Å². The average molecular weight is 266 g/mol. The van der Waals surface area contributed by atoms with Gasteiger partial charge >= 0.3 is 0 Å². The third-order valence-corrected chi connectivity index (χ3v) is 3.61. The fraction of sp³-hybridized carbons (Fsp3) is 0.0833. The van der Waals surface area contributed by atoms with Gasteiger partial charge in [-0.05, 0) is 12.1 Å². The number of nitrogens with zero attached hydrogens (tertiary/aromatic N) is 1. The van der Waals surface area contributed by atoms with Gasteiger partial charge in [0.1, 0.15) is 20.7 Å². The number of fused-ring (bicyclic) bond motifs is 1. The summed E-state index contributed by atoms with van der Waals surface area (Å²) in [6.45, 7) is 0. The van der Waals surface area contributed by atoms with Crippen molar-refractivity contribution in [2.45, 2.75) is 6.10 Å². The van der Waals surface area contributed by atoms with Gasteiger partial charge in [-0.25, -0.2) is 4.98 Å². The second kappa shape index (κ2) is 4.14. The fourth-order valence-electron chi connectivity index (χ4n) is 1.65. The molecule has 2 aromatic heterocycles. The minimum atomic E-state index is -0.861. The van der Waals surface area contributed by atoms with E-state index in [1.165, 1.54) is 17.5 Å². The quantitative estimate of drug-likeness (QED) is 0.770. The zero-order valence-corrected chi connectivity index (χ0v) is 10.2. The van der Waals surface area contributed by atoms with Crippen LogP contribution < -0.4 is 0 Å². The van der Waals surface area contributed by atoms with E-state index < -0.39 is 6.10 Å². The number of thiazole rings is 1. The van der Waals surface area contributed by atoms with E-state index in [1.807, 2.05) is 30.3 Å². The monoisotopic (exact) mass is 265 g/mol. The summed E-state index contributed by atoms with van der Waals surface area (Å²) in [7, 11) is 0. The van der Waals surface area contributed by atoms with Crippen LogP contribution in [0.3, 0.4) is 0 Å². The number of para-hydroxylation sites is 1. The number of aliphatic hydroxyl groups excluding tert-OH is 1. The molecule has 86 valence electrons. The number of aliphatic hydroxyl groups is 1. The van der Waals surface area contributed by atoms with E-state index >= 15 is 0 Å². The van der Waals surface area contributed by atoms with Crippen molar-refractivity contribution in [1.82, 2.24) is 4.98 Å². The Morgan fingerprint density at radius 1 is 1.35 bits per heavy atom. The highest BCUT2D eigenvalue weighted by Gasteiger charge is 2.18. The van der Waals surface area contributed by atoms with Gasteiger partial charge in [0, 0.05) is 5.39 Å². The molecule has 0 saturated heterocycles. The van der Waals surface area contributed by atoms with Crippen molar-refractivity contribution in [1.29, 1.82) is 0 Å². The van der Waals surface area contributed by atoms with Crippen molar-refractivity contribution in [2.24, 2.45) is 0 Å². The highest BCUT2D eigenvalue weighted by Crippen LogP contribution is 2.31. The standard InChI is InChI=1S/C12H8ClNO2S/c13-10-6-14-12(17-10)11(15)9-5-7-3-1-2-4-8(7)16-9/h1-6,11,15H. The molecule has 0 aliphatic heterocycles. The number of halogens is 1. The Morgan fingerprint density at radius 2 is 2.18 bits per heavy atom. The molecule has 3 aromatic rings. The lowest BCUT2D eigenvalue weighted by Crippen LogP contribution is -1.96. The third kappa shape index (κ3) is 1.95. The molecule has 1 unspecified atom stereocenters. The molecule has 3 rings (SSSR count). The molecule has 1 atom stereocenters. The summed E-state index contributed by atoms with van der Waals surface area (Å²) in [6, 6.07) is 9.43. The molecular weight excluding hydrogens is 258 g/mol. The Balaban J connectivity index is 2.03. The molecule has 0 bridgehead atoms. The molecule has 5 heteroatoms. The second-order valence-electron chi connectivity index (χ2n) is 3.59. The molecule has 0 saturated carbocycles. The van der Waals surface area contributed by atoms with E-state index in [9.17, 15) is 5.11 Å². The lowest BCUT2D eigenvalue weighted by Gasteiger charge is -2.01. The van der Waals surface area contributed by atoms with Crippen molar-refractivity contribution >= 4 is 33.9 Å². The summed E-state index contributed by atoms with van der Waals surface area (Å²) in [4.78, 5) is 4.04. The minimum absolute atomic E-state index is 0.484. The molecule has 1 aromatic carbocycles. The smallest absolute Gasteiger partial charge is 0.163 e. The summed E-state index contributed by atoms with van der Waals surface area (Å²) >= 11 is 7.03. The van der Waals surface area contributed by atoms with Crippen molar-refractivity contribution in [2.75, 3.05) is 0 Å². The first kappa shape index (κ1) is 10.8. The number of hydrogen-bond donors (Lipinski definition) is 1. The van der Waals surface area contributed by atoms with Crippen LogP contribution >= 0.6 is 22.9 Å². The molecule has 1 N–H and O–H groups in total. The van der Waals surface area contributed by atoms with Gasteiger partial charge in [0.2, 0.25) is 0 Å². The molecule has 0 amide bonds. The molecule has 0 aliphatic carbocycles. The number of rotatable bonds is 2. The van der Waals surface area contributed by atoms with Crippen LogP contribution in [0.25, 0.3) is 11.0 Å². The minimum Gasteiger partial charge on any atom is -0.458 e. The van der Waals surface area contributed by atoms with Crippen LogP contribution in [0.2, 0.25) is 4.34 Å². The molecule has 17 heavy (non-hydrogen) atoms. The normalized spacial score (nSPS) is 13.1. The zero-order valence-electron chi connectivity index (χ0n) is 8.63. The van der Waals surface area contributed by atoms with Crippen LogP contribution in [0.5, 0.6) is 0 Å². The second-order valence-corrected chi connectivity index (χ2v) is 5.29. The number of furan rings is 1. The predicted octanol–water partition coefficient (Wildman–Crippen LogP) is 3.62. The van der Waals surface area contributed by atoms with Crippen molar-refractivity contribution in [3.63, 3.8) is 0 Å². The predicted molar refractivity (Wildman–Crippen MR) is 67.4 cm³/mol. The summed E-state index contributed by atoms with van der Waals surface area (Å²) in [6.07, 6.45) is 0.660. The van der Waals surface area contributed by atoms with Gasteiger partial charge in [0.15, 0.2) is 6.10 Å². The van der Waals surface area contributed by atoms with Gasteiger partial charge in [0.25, 0.3) is 0 Å². The molecule has 3 nitrogen and oxygen atoms in total. The first-order chi connectivity index (χ1) is 8.24. The molecular formula is C12H8ClNO2S. The van der Waals surface area contributed by atoms with Crippen LogP contribution in [0, 0.1) is 0 Å². The van der Waals surface area contributed by atoms with Crippen LogP contribution in [0.15, 0.2) is 40.9 Å². The van der Waals surface area contributed by atoms with Crippen molar-refractivity contribution in [3.8, 4) is 0 Å². The molecule has 0 spiro atoms. The highest BCUT2D eigenvalue weighted by atomic mass is 35.5. The number of benzene rings is 1. The van der Waals surface area contributed by atoms with E-state index in [-0.39, 0.29) is 0 Å². The zero-order chi connectivity index (χ0) is 11.8. The lowest BCUT2D eigenvalue weighted by atomic mass is 10.2. The molecule has 2 heterocycles. The maximum Gasteiger partial charge on any atom is 0.163 e. The Bertz CT molecular complexity index is 628. The average Bonchev–Trinajstić information content (AvgIpc) is 2.93. The van der Waals surface area contributed by atoms with Gasteiger partial charge in [-0.2, -0.15) is 0 Å². The topological polar surface area (TPSA) is 46.3 Å². The molecule has 0 aliphatic rings. The summed E-state index contributed by atoms with van der Waals surface area (Å²) < 4.78 is 6.12. The van der Waals surface area contributed by atoms with E-state index in [0.29, 0.717) is 15.1 Å². The fourth-order valence-corrected chi connectivity index (χ4v) is 2.58. The van der Waals surface area contributed by atoms with Crippen LogP contribution in [-0.4, -0.2) is 10.1 Å².